The molecule has 3 rings (SSSR count). The largest absolute Gasteiger partial charge is 0.497 e. The summed E-state index contributed by atoms with van der Waals surface area (Å²) >= 11 is 0. The third kappa shape index (κ3) is 4.00. The van der Waals surface area contributed by atoms with Crippen molar-refractivity contribution in [1.29, 1.82) is 0 Å². The number of nitrogens with zero attached hydrogens (tertiary/aromatic N) is 2. The van der Waals surface area contributed by atoms with E-state index < -0.39 is 0 Å². The third-order valence-corrected chi connectivity index (χ3v) is 5.93. The Morgan fingerprint density at radius 3 is 2.72 bits per heavy atom. The molecule has 2 heterocycles. The van der Waals surface area contributed by atoms with E-state index in [1.165, 1.54) is 24.0 Å². The summed E-state index contributed by atoms with van der Waals surface area (Å²) in [5.74, 6) is 1.35. The monoisotopic (exact) mass is 344 g/mol. The van der Waals surface area contributed by atoms with Crippen LogP contribution in [0.4, 0.5) is 0 Å². The van der Waals surface area contributed by atoms with Crippen molar-refractivity contribution in [3.05, 3.63) is 29.3 Å². The Kier molecular flexibility index (Phi) is 5.38. The number of amides is 1. The maximum atomic E-state index is 12.4. The molecule has 1 aromatic rings. The Balaban J connectivity index is 1.64. The molecule has 2 aliphatic rings. The normalized spacial score (nSPS) is 24.3. The molecular weight excluding hydrogens is 312 g/mol. The minimum Gasteiger partial charge on any atom is -0.497 e. The van der Waals surface area contributed by atoms with Crippen LogP contribution in [0.1, 0.15) is 44.2 Å². The summed E-state index contributed by atoms with van der Waals surface area (Å²) in [6.45, 7) is 11.3. The van der Waals surface area contributed by atoms with Crippen LogP contribution in [0.25, 0.3) is 0 Å². The lowest BCUT2D eigenvalue weighted by Crippen LogP contribution is -2.48. The van der Waals surface area contributed by atoms with E-state index >= 15 is 0 Å². The molecule has 25 heavy (non-hydrogen) atoms. The van der Waals surface area contributed by atoms with Crippen LogP contribution in [0, 0.1) is 18.3 Å². The van der Waals surface area contributed by atoms with Crippen LogP contribution in [-0.2, 0) is 11.3 Å². The molecule has 0 saturated carbocycles. The summed E-state index contributed by atoms with van der Waals surface area (Å²) in [7, 11) is 1.71. The van der Waals surface area contributed by atoms with Gasteiger partial charge in [0.25, 0.3) is 0 Å². The Hall–Kier alpha value is -1.55. The lowest BCUT2D eigenvalue weighted by molar-refractivity contribution is -0.137. The van der Waals surface area contributed by atoms with Crippen LogP contribution < -0.4 is 4.74 Å². The number of likely N-dealkylation sites (tertiary alicyclic amines) is 2. The average Bonchev–Trinajstić information content (AvgIpc) is 2.97. The molecule has 0 aliphatic carbocycles. The molecule has 2 fully saturated rings. The molecule has 0 aromatic heterocycles. The van der Waals surface area contributed by atoms with E-state index in [2.05, 4.69) is 34.9 Å². The molecule has 2 saturated heterocycles. The van der Waals surface area contributed by atoms with Gasteiger partial charge in [0, 0.05) is 37.5 Å². The summed E-state index contributed by atoms with van der Waals surface area (Å²) < 4.78 is 5.31. The smallest absolute Gasteiger partial charge is 0.225 e. The predicted molar refractivity (Wildman–Crippen MR) is 101 cm³/mol. The molecule has 138 valence electrons. The summed E-state index contributed by atoms with van der Waals surface area (Å²) in [6.07, 6.45) is 3.62. The van der Waals surface area contributed by atoms with Gasteiger partial charge in [-0.3, -0.25) is 9.69 Å². The zero-order chi connectivity index (χ0) is 18.0. The summed E-state index contributed by atoms with van der Waals surface area (Å²) in [5.41, 5.74) is 2.98. The number of carbonyl (C=O) groups is 1. The van der Waals surface area contributed by atoms with E-state index in [9.17, 15) is 4.79 Å². The van der Waals surface area contributed by atoms with Gasteiger partial charge in [-0.05, 0) is 56.0 Å². The lowest BCUT2D eigenvalue weighted by atomic mass is 9.79. The van der Waals surface area contributed by atoms with Crippen LogP contribution >= 0.6 is 0 Å². The van der Waals surface area contributed by atoms with Crippen LogP contribution in [-0.4, -0.2) is 49.0 Å². The molecule has 1 atom stereocenters. The number of carbonyl (C=O) groups excluding carboxylic acids is 1. The fourth-order valence-corrected chi connectivity index (χ4v) is 4.47. The summed E-state index contributed by atoms with van der Waals surface area (Å²) in [5, 5.41) is 0. The number of piperidine rings is 1. The zero-order valence-corrected chi connectivity index (χ0v) is 16.2. The fraction of sp³-hybridized carbons (Fsp3) is 0.667. The van der Waals surface area contributed by atoms with Crippen LogP contribution in [0.5, 0.6) is 5.75 Å². The number of hydrogen-bond acceptors (Lipinski definition) is 3. The minimum absolute atomic E-state index is 0.106. The lowest BCUT2D eigenvalue weighted by Gasteiger charge is -2.41. The van der Waals surface area contributed by atoms with Crippen LogP contribution in [0.2, 0.25) is 0 Å². The summed E-state index contributed by atoms with van der Waals surface area (Å²) in [4.78, 5) is 17.1. The van der Waals surface area contributed by atoms with Crippen LogP contribution in [0.3, 0.4) is 0 Å². The quantitative estimate of drug-likeness (QED) is 0.838. The highest BCUT2D eigenvalue weighted by atomic mass is 16.5. The summed E-state index contributed by atoms with van der Waals surface area (Å²) in [6, 6.07) is 6.36. The van der Waals surface area contributed by atoms with Crippen molar-refractivity contribution in [2.75, 3.05) is 33.3 Å². The first kappa shape index (κ1) is 18.2. The number of benzene rings is 1. The van der Waals surface area contributed by atoms with Crippen molar-refractivity contribution in [3.63, 3.8) is 0 Å². The molecule has 1 aromatic carbocycles. The van der Waals surface area contributed by atoms with E-state index in [-0.39, 0.29) is 5.92 Å². The van der Waals surface area contributed by atoms with Crippen molar-refractivity contribution < 1.29 is 9.53 Å². The Morgan fingerprint density at radius 2 is 2.04 bits per heavy atom. The predicted octanol–water partition coefficient (Wildman–Crippen LogP) is 3.47. The van der Waals surface area contributed by atoms with E-state index in [4.69, 9.17) is 4.74 Å². The molecular formula is C21H32N2O2. The first-order chi connectivity index (χ1) is 11.9. The van der Waals surface area contributed by atoms with Crippen LogP contribution in [0.15, 0.2) is 18.2 Å². The van der Waals surface area contributed by atoms with Crippen molar-refractivity contribution in [2.45, 2.75) is 46.6 Å². The van der Waals surface area contributed by atoms with Crippen molar-refractivity contribution in [2.24, 2.45) is 11.3 Å². The number of aryl methyl sites for hydroxylation is 1. The second-order valence-electron chi connectivity index (χ2n) is 8.27. The van der Waals surface area contributed by atoms with Gasteiger partial charge >= 0.3 is 0 Å². The molecule has 0 N–H and O–H groups in total. The second kappa shape index (κ2) is 7.36. The Labute approximate surface area is 152 Å². The molecule has 1 spiro atoms. The van der Waals surface area contributed by atoms with Gasteiger partial charge in [0.2, 0.25) is 5.91 Å². The van der Waals surface area contributed by atoms with Gasteiger partial charge in [-0.15, -0.1) is 0 Å². The number of ether oxygens (including phenoxy) is 1. The first-order valence-corrected chi connectivity index (χ1v) is 9.57. The van der Waals surface area contributed by atoms with Gasteiger partial charge in [-0.25, -0.2) is 0 Å². The average molecular weight is 344 g/mol. The van der Waals surface area contributed by atoms with Gasteiger partial charge in [0.15, 0.2) is 0 Å². The molecule has 1 amide bonds. The highest BCUT2D eigenvalue weighted by molar-refractivity contribution is 5.78. The van der Waals surface area contributed by atoms with Crippen molar-refractivity contribution in [1.82, 2.24) is 9.80 Å². The maximum Gasteiger partial charge on any atom is 0.225 e. The molecule has 4 heteroatoms. The molecule has 4 nitrogen and oxygen atoms in total. The molecule has 0 bridgehead atoms. The fourth-order valence-electron chi connectivity index (χ4n) is 4.47. The highest BCUT2D eigenvalue weighted by Crippen LogP contribution is 2.40. The molecule has 0 radical (unpaired) electrons. The van der Waals surface area contributed by atoms with Gasteiger partial charge in [-0.1, -0.05) is 19.9 Å². The number of hydrogen-bond donors (Lipinski definition) is 0. The van der Waals surface area contributed by atoms with E-state index in [1.807, 2.05) is 13.8 Å². The topological polar surface area (TPSA) is 32.8 Å². The molecule has 0 unspecified atom stereocenters. The van der Waals surface area contributed by atoms with E-state index in [0.29, 0.717) is 11.3 Å². The van der Waals surface area contributed by atoms with E-state index in [1.54, 1.807) is 7.11 Å². The van der Waals surface area contributed by atoms with Gasteiger partial charge < -0.3 is 9.64 Å². The number of methoxy groups -OCH3 is 1. The molecule has 2 aliphatic heterocycles. The Bertz CT molecular complexity index is 628. The standard InChI is InChI=1S/C21H32N2O2/c1-16(2)20(24)23-10-5-8-21(15-23)9-11-22(14-21)13-18-6-7-19(25-4)12-17(18)3/h6-7,12,16H,5,8-11,13-15H2,1-4H3/t21-/m1/s1. The zero-order valence-electron chi connectivity index (χ0n) is 16.2. The van der Waals surface area contributed by atoms with Gasteiger partial charge in [-0.2, -0.15) is 0 Å². The van der Waals surface area contributed by atoms with Crippen molar-refractivity contribution >= 4 is 5.91 Å². The Morgan fingerprint density at radius 1 is 1.24 bits per heavy atom. The second-order valence-corrected chi connectivity index (χ2v) is 8.27. The van der Waals surface area contributed by atoms with E-state index in [0.717, 1.165) is 44.9 Å². The minimum atomic E-state index is 0.106. The maximum absolute atomic E-state index is 12.4. The third-order valence-electron chi connectivity index (χ3n) is 5.93. The van der Waals surface area contributed by atoms with Crippen molar-refractivity contribution in [3.8, 4) is 5.75 Å². The van der Waals surface area contributed by atoms with Gasteiger partial charge in [0.05, 0.1) is 7.11 Å². The van der Waals surface area contributed by atoms with Gasteiger partial charge in [0.1, 0.15) is 5.75 Å². The SMILES string of the molecule is COc1ccc(CN2CC[C@]3(CCCN(C(=O)C(C)C)C3)C2)c(C)c1. The number of rotatable bonds is 4. The highest BCUT2D eigenvalue weighted by Gasteiger charge is 2.42. The first-order valence-electron chi connectivity index (χ1n) is 9.57.